The molecule has 0 bridgehead atoms. The average Bonchev–Trinajstić information content (AvgIpc) is 2.55. The molecule has 3 rings (SSSR count). The number of hydrogen-bond acceptors (Lipinski definition) is 4. The van der Waals surface area contributed by atoms with E-state index in [0.717, 1.165) is 22.3 Å². The first-order valence-corrected chi connectivity index (χ1v) is 7.66. The maximum Gasteiger partial charge on any atom is 0.235 e. The van der Waals surface area contributed by atoms with Crippen LogP contribution in [0.2, 0.25) is 0 Å². The lowest BCUT2D eigenvalue weighted by Gasteiger charge is -2.12. The lowest BCUT2D eigenvalue weighted by Crippen LogP contribution is -2.11. The van der Waals surface area contributed by atoms with Crippen molar-refractivity contribution in [3.05, 3.63) is 63.3 Å². The van der Waals surface area contributed by atoms with Crippen LogP contribution in [0, 0.1) is 32.1 Å². The minimum Gasteiger partial charge on any atom is -0.471 e. The Morgan fingerprint density at radius 3 is 2.46 bits per heavy atom. The first kappa shape index (κ1) is 15.8. The van der Waals surface area contributed by atoms with E-state index in [9.17, 15) is 4.79 Å². The van der Waals surface area contributed by atoms with E-state index in [1.807, 2.05) is 57.2 Å². The minimum atomic E-state index is -0.256. The van der Waals surface area contributed by atoms with Crippen molar-refractivity contribution in [2.24, 2.45) is 0 Å². The number of fused-ring (bicyclic) bond motifs is 1. The fourth-order valence-corrected chi connectivity index (χ4v) is 2.76. The molecule has 0 aliphatic carbocycles. The van der Waals surface area contributed by atoms with Gasteiger partial charge in [0, 0.05) is 5.56 Å². The smallest absolute Gasteiger partial charge is 0.235 e. The summed E-state index contributed by atoms with van der Waals surface area (Å²) < 4.78 is 11.5. The zero-order valence-corrected chi connectivity index (χ0v) is 13.8. The second-order valence-electron chi connectivity index (χ2n) is 5.86. The molecule has 2 aromatic carbocycles. The summed E-state index contributed by atoms with van der Waals surface area (Å²) >= 11 is 0. The molecule has 0 aliphatic heterocycles. The first-order valence-electron chi connectivity index (χ1n) is 7.66. The minimum absolute atomic E-state index is 0.0814. The highest BCUT2D eigenvalue weighted by Gasteiger charge is 2.19. The topological polar surface area (TPSA) is 63.2 Å². The largest absolute Gasteiger partial charge is 0.471 e. The highest BCUT2D eigenvalue weighted by molar-refractivity contribution is 5.85. The van der Waals surface area contributed by atoms with Gasteiger partial charge in [-0.25, -0.2) is 0 Å². The molecule has 0 aliphatic rings. The standard InChI is InChI=1S/C20H17NO3/c1-12-4-6-15(7-5-12)19-20(23-9-8-21)17(22)16-11-13(2)10-14(3)18(16)24-19/h4-7,10-11H,9H2,1-3H3. The molecule has 4 heteroatoms. The van der Waals surface area contributed by atoms with Crippen LogP contribution in [0.5, 0.6) is 5.75 Å². The molecule has 1 heterocycles. The third-order valence-corrected chi connectivity index (χ3v) is 3.87. The highest BCUT2D eigenvalue weighted by atomic mass is 16.5. The summed E-state index contributed by atoms with van der Waals surface area (Å²) in [4.78, 5) is 12.9. The number of ether oxygens (including phenoxy) is 1. The molecule has 0 amide bonds. The maximum absolute atomic E-state index is 12.9. The van der Waals surface area contributed by atoms with Crippen molar-refractivity contribution in [2.75, 3.05) is 6.61 Å². The Morgan fingerprint density at radius 2 is 1.79 bits per heavy atom. The van der Waals surface area contributed by atoms with Crippen LogP contribution in [-0.2, 0) is 0 Å². The molecule has 0 N–H and O–H groups in total. The lowest BCUT2D eigenvalue weighted by molar-refractivity contribution is 0.356. The molecular weight excluding hydrogens is 302 g/mol. The van der Waals surface area contributed by atoms with Gasteiger partial charge in [-0.15, -0.1) is 0 Å². The maximum atomic E-state index is 12.9. The number of hydrogen-bond donors (Lipinski definition) is 0. The van der Waals surface area contributed by atoms with E-state index in [-0.39, 0.29) is 17.8 Å². The number of nitriles is 1. The monoisotopic (exact) mass is 319 g/mol. The third kappa shape index (κ3) is 2.77. The van der Waals surface area contributed by atoms with E-state index in [4.69, 9.17) is 14.4 Å². The highest BCUT2D eigenvalue weighted by Crippen LogP contribution is 2.32. The van der Waals surface area contributed by atoms with Crippen LogP contribution >= 0.6 is 0 Å². The molecule has 120 valence electrons. The fraction of sp³-hybridized carbons (Fsp3) is 0.200. The molecule has 0 atom stereocenters. The van der Waals surface area contributed by atoms with Crippen LogP contribution in [-0.4, -0.2) is 6.61 Å². The Bertz CT molecular complexity index is 1010. The van der Waals surface area contributed by atoms with E-state index in [1.54, 1.807) is 6.07 Å². The van der Waals surface area contributed by atoms with Crippen molar-refractivity contribution < 1.29 is 9.15 Å². The summed E-state index contributed by atoms with van der Waals surface area (Å²) in [5.41, 5.74) is 4.00. The van der Waals surface area contributed by atoms with Gasteiger partial charge >= 0.3 is 0 Å². The van der Waals surface area contributed by atoms with Crippen molar-refractivity contribution in [1.29, 1.82) is 5.26 Å². The molecule has 0 radical (unpaired) electrons. The molecule has 1 aromatic heterocycles. The third-order valence-electron chi connectivity index (χ3n) is 3.87. The van der Waals surface area contributed by atoms with Gasteiger partial charge in [-0.3, -0.25) is 4.79 Å². The summed E-state index contributed by atoms with van der Waals surface area (Å²) in [7, 11) is 0. The van der Waals surface area contributed by atoms with Crippen LogP contribution in [0.1, 0.15) is 16.7 Å². The summed E-state index contributed by atoms with van der Waals surface area (Å²) in [6.45, 7) is 5.61. The predicted octanol–water partition coefficient (Wildman–Crippen LogP) is 4.29. The number of rotatable bonds is 3. The van der Waals surface area contributed by atoms with Crippen molar-refractivity contribution in [3.63, 3.8) is 0 Å². The van der Waals surface area contributed by atoms with Crippen molar-refractivity contribution in [1.82, 2.24) is 0 Å². The summed E-state index contributed by atoms with van der Waals surface area (Å²) in [6, 6.07) is 13.3. The Hall–Kier alpha value is -3.06. The Morgan fingerprint density at radius 1 is 1.08 bits per heavy atom. The number of benzene rings is 2. The van der Waals surface area contributed by atoms with E-state index in [2.05, 4.69) is 0 Å². The van der Waals surface area contributed by atoms with Gasteiger partial charge in [0.2, 0.25) is 11.2 Å². The Balaban J connectivity index is 2.36. The Labute approximate surface area is 139 Å². The second kappa shape index (κ2) is 6.21. The molecule has 0 saturated carbocycles. The van der Waals surface area contributed by atoms with Gasteiger partial charge < -0.3 is 9.15 Å². The van der Waals surface area contributed by atoms with E-state index in [0.29, 0.717) is 16.7 Å². The lowest BCUT2D eigenvalue weighted by atomic mass is 10.0. The fourth-order valence-electron chi connectivity index (χ4n) is 2.76. The van der Waals surface area contributed by atoms with Crippen LogP contribution in [0.15, 0.2) is 45.6 Å². The second-order valence-corrected chi connectivity index (χ2v) is 5.86. The van der Waals surface area contributed by atoms with Gasteiger partial charge in [-0.2, -0.15) is 5.26 Å². The van der Waals surface area contributed by atoms with Gasteiger partial charge in [0.1, 0.15) is 11.7 Å². The molecule has 0 saturated heterocycles. The van der Waals surface area contributed by atoms with E-state index < -0.39 is 0 Å². The SMILES string of the molecule is Cc1ccc(-c2oc3c(C)cc(C)cc3c(=O)c2OCC#N)cc1. The molecule has 3 aromatic rings. The predicted molar refractivity (Wildman–Crippen MR) is 93.2 cm³/mol. The zero-order valence-electron chi connectivity index (χ0n) is 13.8. The van der Waals surface area contributed by atoms with Crippen LogP contribution in [0.4, 0.5) is 0 Å². The summed E-state index contributed by atoms with van der Waals surface area (Å²) in [6.07, 6.45) is 0. The van der Waals surface area contributed by atoms with Gasteiger partial charge in [-0.05, 0) is 38.0 Å². The molecule has 0 spiro atoms. The van der Waals surface area contributed by atoms with Crippen LogP contribution in [0.25, 0.3) is 22.3 Å². The van der Waals surface area contributed by atoms with Crippen LogP contribution < -0.4 is 10.2 Å². The van der Waals surface area contributed by atoms with E-state index >= 15 is 0 Å². The van der Waals surface area contributed by atoms with Gasteiger partial charge in [-0.1, -0.05) is 35.9 Å². The quantitative estimate of drug-likeness (QED) is 0.722. The molecule has 0 unspecified atom stereocenters. The van der Waals surface area contributed by atoms with Crippen molar-refractivity contribution in [3.8, 4) is 23.1 Å². The van der Waals surface area contributed by atoms with Gasteiger partial charge in [0.05, 0.1) is 5.39 Å². The number of nitrogens with zero attached hydrogens (tertiary/aromatic N) is 1. The summed E-state index contributed by atoms with van der Waals surface area (Å²) in [5.74, 6) is 0.438. The normalized spacial score (nSPS) is 10.6. The van der Waals surface area contributed by atoms with Gasteiger partial charge in [0.15, 0.2) is 12.4 Å². The van der Waals surface area contributed by atoms with Gasteiger partial charge in [0.25, 0.3) is 0 Å². The molecule has 0 fully saturated rings. The molecule has 24 heavy (non-hydrogen) atoms. The average molecular weight is 319 g/mol. The Kier molecular flexibility index (Phi) is 4.09. The zero-order chi connectivity index (χ0) is 17.3. The first-order chi connectivity index (χ1) is 11.5. The number of aryl methyl sites for hydroxylation is 3. The van der Waals surface area contributed by atoms with Crippen LogP contribution in [0.3, 0.4) is 0 Å². The molecular formula is C20H17NO3. The van der Waals surface area contributed by atoms with E-state index in [1.165, 1.54) is 0 Å². The van der Waals surface area contributed by atoms with Crippen molar-refractivity contribution >= 4 is 11.0 Å². The summed E-state index contributed by atoms with van der Waals surface area (Å²) in [5, 5.41) is 9.28. The van der Waals surface area contributed by atoms with Crippen molar-refractivity contribution in [2.45, 2.75) is 20.8 Å². The molecule has 4 nitrogen and oxygen atoms in total.